The molecule has 2 aromatic carbocycles. The molecule has 0 unspecified atom stereocenters. The molecule has 0 bridgehead atoms. The maximum Gasteiger partial charge on any atom is 0.243 e. The summed E-state index contributed by atoms with van der Waals surface area (Å²) in [5, 5.41) is 0. The fourth-order valence-corrected chi connectivity index (χ4v) is 4.38. The molecule has 1 aliphatic rings. The Morgan fingerprint density at radius 1 is 1.00 bits per heavy atom. The number of aryl methyl sites for hydroxylation is 1. The highest BCUT2D eigenvalue weighted by Gasteiger charge is 2.27. The van der Waals surface area contributed by atoms with Crippen molar-refractivity contribution in [1.82, 2.24) is 9.80 Å². The Morgan fingerprint density at radius 2 is 1.63 bits per heavy atom. The third kappa shape index (κ3) is 5.96. The van der Waals surface area contributed by atoms with E-state index in [0.29, 0.717) is 25.4 Å². The zero-order valence-electron chi connectivity index (χ0n) is 17.5. The summed E-state index contributed by atoms with van der Waals surface area (Å²) in [5.41, 5.74) is 1.36. The predicted molar refractivity (Wildman–Crippen MR) is 118 cm³/mol. The molecule has 3 rings (SSSR count). The first-order valence-electron chi connectivity index (χ1n) is 10.1. The summed E-state index contributed by atoms with van der Waals surface area (Å²) < 4.78 is 31.6. The Morgan fingerprint density at radius 3 is 2.27 bits per heavy atom. The van der Waals surface area contributed by atoms with E-state index in [1.165, 1.54) is 4.31 Å². The molecular formula is C22H29N3O4S. The lowest BCUT2D eigenvalue weighted by Gasteiger charge is -2.35. The van der Waals surface area contributed by atoms with Crippen LogP contribution in [-0.2, 0) is 14.8 Å². The quantitative estimate of drug-likeness (QED) is 0.639. The molecule has 1 heterocycles. The average Bonchev–Trinajstić information content (AvgIpc) is 2.73. The molecule has 1 amide bonds. The Hall–Kier alpha value is -2.58. The van der Waals surface area contributed by atoms with E-state index in [4.69, 9.17) is 4.74 Å². The Bertz CT molecular complexity index is 942. The smallest absolute Gasteiger partial charge is 0.243 e. The number of para-hydroxylation sites is 2. The van der Waals surface area contributed by atoms with E-state index in [1.54, 1.807) is 17.0 Å². The van der Waals surface area contributed by atoms with Gasteiger partial charge in [0.05, 0.1) is 11.9 Å². The van der Waals surface area contributed by atoms with Gasteiger partial charge in [0.15, 0.2) is 0 Å². The standard InChI is InChI=1S/C22H29N3O4S/c1-19-8-6-7-11-21(19)25(30(2,27)28)18-22(26)24-14-12-23(13-15-24)16-17-29-20-9-4-3-5-10-20/h3-11H,12-18H2,1-2H3. The number of hydrogen-bond donors (Lipinski definition) is 0. The van der Waals surface area contributed by atoms with Crippen LogP contribution in [-0.4, -0.2) is 76.3 Å². The van der Waals surface area contributed by atoms with E-state index in [9.17, 15) is 13.2 Å². The minimum atomic E-state index is -3.56. The number of nitrogens with zero attached hydrogens (tertiary/aromatic N) is 3. The predicted octanol–water partition coefficient (Wildman–Crippen LogP) is 1.98. The molecule has 0 spiro atoms. The highest BCUT2D eigenvalue weighted by molar-refractivity contribution is 7.92. The number of ether oxygens (including phenoxy) is 1. The fourth-order valence-electron chi connectivity index (χ4n) is 3.48. The van der Waals surface area contributed by atoms with Crippen LogP contribution in [0.2, 0.25) is 0 Å². The molecule has 0 aliphatic carbocycles. The second-order valence-corrected chi connectivity index (χ2v) is 9.35. The minimum absolute atomic E-state index is 0.177. The van der Waals surface area contributed by atoms with E-state index in [1.807, 2.05) is 49.4 Å². The van der Waals surface area contributed by atoms with E-state index in [0.717, 1.165) is 37.2 Å². The van der Waals surface area contributed by atoms with Gasteiger partial charge in [-0.05, 0) is 30.7 Å². The van der Waals surface area contributed by atoms with Crippen molar-refractivity contribution in [3.63, 3.8) is 0 Å². The number of rotatable bonds is 8. The molecule has 0 saturated carbocycles. The Balaban J connectivity index is 1.51. The molecule has 8 heteroatoms. The van der Waals surface area contributed by atoms with Crippen molar-refractivity contribution in [2.45, 2.75) is 6.92 Å². The minimum Gasteiger partial charge on any atom is -0.492 e. The fraction of sp³-hybridized carbons (Fsp3) is 0.409. The lowest BCUT2D eigenvalue weighted by Crippen LogP contribution is -2.52. The van der Waals surface area contributed by atoms with Gasteiger partial charge in [-0.15, -0.1) is 0 Å². The molecule has 0 N–H and O–H groups in total. The third-order valence-corrected chi connectivity index (χ3v) is 6.33. The van der Waals surface area contributed by atoms with Crippen molar-refractivity contribution in [3.05, 3.63) is 60.2 Å². The van der Waals surface area contributed by atoms with E-state index >= 15 is 0 Å². The largest absolute Gasteiger partial charge is 0.492 e. The lowest BCUT2D eigenvalue weighted by molar-refractivity contribution is -0.131. The van der Waals surface area contributed by atoms with Crippen LogP contribution in [0.5, 0.6) is 5.75 Å². The van der Waals surface area contributed by atoms with Crippen molar-refractivity contribution < 1.29 is 17.9 Å². The van der Waals surface area contributed by atoms with Crippen molar-refractivity contribution in [1.29, 1.82) is 0 Å². The zero-order chi connectivity index (χ0) is 21.6. The van der Waals surface area contributed by atoms with Crippen molar-refractivity contribution >= 4 is 21.6 Å². The molecule has 1 aliphatic heterocycles. The molecule has 30 heavy (non-hydrogen) atoms. The van der Waals surface area contributed by atoms with Gasteiger partial charge in [-0.1, -0.05) is 36.4 Å². The van der Waals surface area contributed by atoms with Crippen LogP contribution >= 0.6 is 0 Å². The van der Waals surface area contributed by atoms with Crippen LogP contribution in [0.15, 0.2) is 54.6 Å². The molecular weight excluding hydrogens is 402 g/mol. The van der Waals surface area contributed by atoms with E-state index in [2.05, 4.69) is 4.90 Å². The van der Waals surface area contributed by atoms with Crippen molar-refractivity contribution in [3.8, 4) is 5.75 Å². The lowest BCUT2D eigenvalue weighted by atomic mass is 10.2. The third-order valence-electron chi connectivity index (χ3n) is 5.21. The Kier molecular flexibility index (Phi) is 7.33. The van der Waals surface area contributed by atoms with Gasteiger partial charge in [0.2, 0.25) is 15.9 Å². The van der Waals surface area contributed by atoms with Gasteiger partial charge >= 0.3 is 0 Å². The average molecular weight is 432 g/mol. The number of sulfonamides is 1. The summed E-state index contributed by atoms with van der Waals surface area (Å²) in [5.74, 6) is 0.673. The number of hydrogen-bond acceptors (Lipinski definition) is 5. The summed E-state index contributed by atoms with van der Waals surface area (Å²) in [4.78, 5) is 16.8. The van der Waals surface area contributed by atoms with Gasteiger partial charge in [-0.3, -0.25) is 14.0 Å². The van der Waals surface area contributed by atoms with Crippen LogP contribution in [0.3, 0.4) is 0 Å². The summed E-state index contributed by atoms with van der Waals surface area (Å²) in [7, 11) is -3.56. The van der Waals surface area contributed by atoms with Crippen LogP contribution in [0.25, 0.3) is 0 Å². The van der Waals surface area contributed by atoms with Crippen LogP contribution in [0.1, 0.15) is 5.56 Å². The van der Waals surface area contributed by atoms with Gasteiger partial charge in [0.1, 0.15) is 18.9 Å². The topological polar surface area (TPSA) is 70.2 Å². The Labute approximate surface area is 178 Å². The van der Waals surface area contributed by atoms with Crippen molar-refractivity contribution in [2.75, 3.05) is 56.4 Å². The highest BCUT2D eigenvalue weighted by atomic mass is 32.2. The monoisotopic (exact) mass is 431 g/mol. The van der Waals surface area contributed by atoms with Crippen molar-refractivity contribution in [2.24, 2.45) is 0 Å². The van der Waals surface area contributed by atoms with E-state index in [-0.39, 0.29) is 12.5 Å². The number of benzene rings is 2. The summed E-state index contributed by atoms with van der Waals surface area (Å²) >= 11 is 0. The van der Waals surface area contributed by atoms with Gasteiger partial charge < -0.3 is 9.64 Å². The molecule has 0 aromatic heterocycles. The number of carbonyl (C=O) groups is 1. The van der Waals surface area contributed by atoms with Crippen LogP contribution < -0.4 is 9.04 Å². The van der Waals surface area contributed by atoms with Crippen LogP contribution in [0, 0.1) is 6.92 Å². The van der Waals surface area contributed by atoms with Gasteiger partial charge in [-0.2, -0.15) is 0 Å². The number of piperazine rings is 1. The number of carbonyl (C=O) groups excluding carboxylic acids is 1. The molecule has 162 valence electrons. The highest BCUT2D eigenvalue weighted by Crippen LogP contribution is 2.22. The first-order valence-corrected chi connectivity index (χ1v) is 11.9. The number of anilines is 1. The molecule has 0 atom stereocenters. The maximum absolute atomic E-state index is 12.8. The maximum atomic E-state index is 12.8. The van der Waals surface area contributed by atoms with Gasteiger partial charge in [0, 0.05) is 32.7 Å². The second kappa shape index (κ2) is 9.95. The first kappa shape index (κ1) is 22.1. The summed E-state index contributed by atoms with van der Waals surface area (Å²) in [6.45, 7) is 5.68. The first-order chi connectivity index (χ1) is 14.3. The molecule has 1 saturated heterocycles. The second-order valence-electron chi connectivity index (χ2n) is 7.44. The molecule has 1 fully saturated rings. The normalized spacial score (nSPS) is 15.1. The summed E-state index contributed by atoms with van der Waals surface area (Å²) in [6, 6.07) is 16.9. The zero-order valence-corrected chi connectivity index (χ0v) is 18.3. The molecule has 0 radical (unpaired) electrons. The number of amides is 1. The SMILES string of the molecule is Cc1ccccc1N(CC(=O)N1CCN(CCOc2ccccc2)CC1)S(C)(=O)=O. The molecule has 2 aromatic rings. The van der Waals surface area contributed by atoms with E-state index < -0.39 is 10.0 Å². The summed E-state index contributed by atoms with van der Waals surface area (Å²) in [6.07, 6.45) is 1.14. The molecule has 7 nitrogen and oxygen atoms in total. The van der Waals surface area contributed by atoms with Gasteiger partial charge in [0.25, 0.3) is 0 Å². The van der Waals surface area contributed by atoms with Gasteiger partial charge in [-0.25, -0.2) is 8.42 Å². The van der Waals surface area contributed by atoms with Crippen LogP contribution in [0.4, 0.5) is 5.69 Å².